The molecule has 6 nitrogen and oxygen atoms in total. The molecule has 2 unspecified atom stereocenters. The van der Waals surface area contributed by atoms with Crippen LogP contribution in [0.2, 0.25) is 0 Å². The summed E-state index contributed by atoms with van der Waals surface area (Å²) < 4.78 is 0. The Labute approximate surface area is 128 Å². The number of anilines is 1. The highest BCUT2D eigenvalue weighted by atomic mass is 32.1. The third-order valence-corrected chi connectivity index (χ3v) is 4.81. The van der Waals surface area contributed by atoms with Crippen LogP contribution >= 0.6 is 11.3 Å². The van der Waals surface area contributed by atoms with Crippen LogP contribution in [0.5, 0.6) is 0 Å². The number of hydrogen-bond donors (Lipinski definition) is 3. The van der Waals surface area contributed by atoms with E-state index in [1.54, 1.807) is 11.4 Å². The van der Waals surface area contributed by atoms with Crippen molar-refractivity contribution >= 4 is 28.2 Å². The van der Waals surface area contributed by atoms with Gasteiger partial charge in [0.15, 0.2) is 0 Å². The molecule has 21 heavy (non-hydrogen) atoms. The van der Waals surface area contributed by atoms with Crippen molar-refractivity contribution in [3.8, 4) is 0 Å². The summed E-state index contributed by atoms with van der Waals surface area (Å²) in [5, 5.41) is 5.03. The fourth-order valence-corrected chi connectivity index (χ4v) is 3.62. The van der Waals surface area contributed by atoms with Crippen molar-refractivity contribution < 1.29 is 9.59 Å². The van der Waals surface area contributed by atoms with Gasteiger partial charge in [-0.1, -0.05) is 6.42 Å². The highest BCUT2D eigenvalue weighted by molar-refractivity contribution is 7.14. The highest BCUT2D eigenvalue weighted by Gasteiger charge is 2.28. The summed E-state index contributed by atoms with van der Waals surface area (Å²) in [6.45, 7) is 2.97. The maximum Gasteiger partial charge on any atom is 0.251 e. The molecule has 1 aromatic heterocycles. The second kappa shape index (κ2) is 7.02. The average molecular weight is 310 g/mol. The van der Waals surface area contributed by atoms with Crippen molar-refractivity contribution in [2.75, 3.05) is 18.4 Å². The SMILES string of the molecule is CC1CCCC(CN)N1CC(=O)Nc1sccc1C(N)=O. The maximum absolute atomic E-state index is 12.2. The van der Waals surface area contributed by atoms with E-state index in [4.69, 9.17) is 11.5 Å². The third-order valence-electron chi connectivity index (χ3n) is 3.98. The number of nitrogens with one attached hydrogen (secondary N) is 1. The molecule has 0 bridgehead atoms. The predicted molar refractivity (Wildman–Crippen MR) is 84.3 cm³/mol. The molecule has 7 heteroatoms. The number of piperidine rings is 1. The van der Waals surface area contributed by atoms with Crippen LogP contribution in [0, 0.1) is 0 Å². The summed E-state index contributed by atoms with van der Waals surface area (Å²) in [5.41, 5.74) is 11.4. The van der Waals surface area contributed by atoms with Crippen molar-refractivity contribution in [2.24, 2.45) is 11.5 Å². The van der Waals surface area contributed by atoms with Crippen LogP contribution in [0.25, 0.3) is 0 Å². The molecule has 116 valence electrons. The number of primary amides is 1. The van der Waals surface area contributed by atoms with E-state index in [0.29, 0.717) is 29.7 Å². The molecule has 2 amide bonds. The van der Waals surface area contributed by atoms with E-state index in [2.05, 4.69) is 17.1 Å². The molecule has 1 saturated heterocycles. The largest absolute Gasteiger partial charge is 0.366 e. The summed E-state index contributed by atoms with van der Waals surface area (Å²) in [5.74, 6) is -0.662. The minimum atomic E-state index is -0.530. The minimum absolute atomic E-state index is 0.132. The standard InChI is InChI=1S/C14H22N4O2S/c1-9-3-2-4-10(7-15)18(9)8-12(19)17-14-11(13(16)20)5-6-21-14/h5-6,9-10H,2-4,7-8,15H2,1H3,(H2,16,20)(H,17,19). The number of carbonyl (C=O) groups excluding carboxylic acids is 2. The molecule has 2 atom stereocenters. The van der Waals surface area contributed by atoms with Gasteiger partial charge in [-0.3, -0.25) is 14.5 Å². The molecular weight excluding hydrogens is 288 g/mol. The number of hydrogen-bond acceptors (Lipinski definition) is 5. The summed E-state index contributed by atoms with van der Waals surface area (Å²) in [6, 6.07) is 2.21. The van der Waals surface area contributed by atoms with Gasteiger partial charge < -0.3 is 16.8 Å². The van der Waals surface area contributed by atoms with E-state index in [9.17, 15) is 9.59 Å². The highest BCUT2D eigenvalue weighted by Crippen LogP contribution is 2.24. The van der Waals surface area contributed by atoms with E-state index in [1.165, 1.54) is 11.3 Å². The van der Waals surface area contributed by atoms with Crippen molar-refractivity contribution in [3.63, 3.8) is 0 Å². The number of nitrogens with two attached hydrogens (primary N) is 2. The Hall–Kier alpha value is -1.44. The zero-order valence-corrected chi connectivity index (χ0v) is 13.0. The molecule has 0 aliphatic carbocycles. The fraction of sp³-hybridized carbons (Fsp3) is 0.571. The first-order valence-electron chi connectivity index (χ1n) is 7.16. The Bertz CT molecular complexity index is 517. The minimum Gasteiger partial charge on any atom is -0.366 e. The maximum atomic E-state index is 12.2. The molecule has 1 fully saturated rings. The molecule has 5 N–H and O–H groups in total. The number of amides is 2. The smallest absolute Gasteiger partial charge is 0.251 e. The molecule has 0 spiro atoms. The van der Waals surface area contributed by atoms with Crippen LogP contribution in [0.15, 0.2) is 11.4 Å². The number of nitrogens with zero attached hydrogens (tertiary/aromatic N) is 1. The lowest BCUT2D eigenvalue weighted by Crippen LogP contribution is -2.51. The monoisotopic (exact) mass is 310 g/mol. The van der Waals surface area contributed by atoms with Gasteiger partial charge in [-0.25, -0.2) is 0 Å². The van der Waals surface area contributed by atoms with Crippen molar-refractivity contribution in [3.05, 3.63) is 17.0 Å². The van der Waals surface area contributed by atoms with Crippen molar-refractivity contribution in [1.29, 1.82) is 0 Å². The Kier molecular flexibility index (Phi) is 5.33. The lowest BCUT2D eigenvalue weighted by Gasteiger charge is -2.39. The topological polar surface area (TPSA) is 101 Å². The van der Waals surface area contributed by atoms with Crippen LogP contribution < -0.4 is 16.8 Å². The van der Waals surface area contributed by atoms with Gasteiger partial charge in [0.2, 0.25) is 5.91 Å². The molecular formula is C14H22N4O2S. The Balaban J connectivity index is 2.00. The number of rotatable bonds is 5. The van der Waals surface area contributed by atoms with Gasteiger partial charge in [0.05, 0.1) is 12.1 Å². The zero-order valence-electron chi connectivity index (χ0n) is 12.2. The van der Waals surface area contributed by atoms with E-state index in [0.717, 1.165) is 19.3 Å². The normalized spacial score (nSPS) is 23.0. The Morgan fingerprint density at radius 2 is 2.24 bits per heavy atom. The van der Waals surface area contributed by atoms with Crippen LogP contribution in [0.3, 0.4) is 0 Å². The molecule has 2 heterocycles. The van der Waals surface area contributed by atoms with Gasteiger partial charge in [0.1, 0.15) is 5.00 Å². The second-order valence-electron chi connectivity index (χ2n) is 5.42. The summed E-state index contributed by atoms with van der Waals surface area (Å²) >= 11 is 1.30. The number of thiophene rings is 1. The lowest BCUT2D eigenvalue weighted by atomic mass is 9.96. The molecule has 0 radical (unpaired) electrons. The third kappa shape index (κ3) is 3.81. The molecule has 1 aromatic rings. The molecule has 1 aliphatic heterocycles. The van der Waals surface area contributed by atoms with Gasteiger partial charge in [-0.15, -0.1) is 11.3 Å². The summed E-state index contributed by atoms with van der Waals surface area (Å²) in [4.78, 5) is 25.6. The number of likely N-dealkylation sites (tertiary alicyclic amines) is 1. The van der Waals surface area contributed by atoms with E-state index in [-0.39, 0.29) is 11.9 Å². The number of carbonyl (C=O) groups is 2. The quantitative estimate of drug-likeness (QED) is 0.754. The van der Waals surface area contributed by atoms with E-state index in [1.807, 2.05) is 0 Å². The van der Waals surface area contributed by atoms with Crippen LogP contribution in [-0.4, -0.2) is 41.9 Å². The predicted octanol–water partition coefficient (Wildman–Crippen LogP) is 0.987. The molecule has 0 saturated carbocycles. The van der Waals surface area contributed by atoms with Gasteiger partial charge in [0, 0.05) is 18.6 Å². The lowest BCUT2D eigenvalue weighted by molar-refractivity contribution is -0.118. The van der Waals surface area contributed by atoms with Crippen molar-refractivity contribution in [1.82, 2.24) is 4.90 Å². The first-order chi connectivity index (χ1) is 10.0. The zero-order chi connectivity index (χ0) is 15.4. The fourth-order valence-electron chi connectivity index (χ4n) is 2.81. The Morgan fingerprint density at radius 3 is 2.90 bits per heavy atom. The average Bonchev–Trinajstić information content (AvgIpc) is 2.89. The summed E-state index contributed by atoms with van der Waals surface area (Å²) in [6.07, 6.45) is 3.26. The first-order valence-corrected chi connectivity index (χ1v) is 8.03. The van der Waals surface area contributed by atoms with E-state index < -0.39 is 5.91 Å². The first kappa shape index (κ1) is 15.9. The Morgan fingerprint density at radius 1 is 1.48 bits per heavy atom. The van der Waals surface area contributed by atoms with Crippen molar-refractivity contribution in [2.45, 2.75) is 38.3 Å². The van der Waals surface area contributed by atoms with E-state index >= 15 is 0 Å². The van der Waals surface area contributed by atoms with Gasteiger partial charge in [-0.2, -0.15) is 0 Å². The molecule has 1 aliphatic rings. The molecule has 2 rings (SSSR count). The summed E-state index contributed by atoms with van der Waals surface area (Å²) in [7, 11) is 0. The molecule has 0 aromatic carbocycles. The van der Waals surface area contributed by atoms with Gasteiger partial charge in [-0.05, 0) is 31.2 Å². The van der Waals surface area contributed by atoms with Gasteiger partial charge in [0.25, 0.3) is 5.91 Å². The van der Waals surface area contributed by atoms with Gasteiger partial charge >= 0.3 is 0 Å². The van der Waals surface area contributed by atoms with Crippen LogP contribution in [0.1, 0.15) is 36.5 Å². The van der Waals surface area contributed by atoms with Crippen LogP contribution in [-0.2, 0) is 4.79 Å². The second-order valence-corrected chi connectivity index (χ2v) is 6.33. The van der Waals surface area contributed by atoms with Crippen LogP contribution in [0.4, 0.5) is 5.00 Å².